The second kappa shape index (κ2) is 15.1. The Morgan fingerprint density at radius 1 is 0.951 bits per heavy atom. The molecular formula is C27H38N6O8. The SMILES string of the molecule is CNCCCC1NC(=O)CNC(=O)C(CC(=O)O)NC(=O)[C@@H](Cc2ccccc2)NC(=O)C2(CCOCC2)NC1=O. The molecule has 0 radical (unpaired) electrons. The first-order valence-corrected chi connectivity index (χ1v) is 13.6. The molecule has 14 heteroatoms. The maximum atomic E-state index is 13.8. The zero-order chi connectivity index (χ0) is 29.8. The molecule has 1 aromatic rings. The van der Waals surface area contributed by atoms with Crippen LogP contribution in [0.25, 0.3) is 0 Å². The summed E-state index contributed by atoms with van der Waals surface area (Å²) in [6.07, 6.45) is 0.319. The molecule has 14 nitrogen and oxygen atoms in total. The van der Waals surface area contributed by atoms with Crippen molar-refractivity contribution < 1.29 is 38.6 Å². The largest absolute Gasteiger partial charge is 0.481 e. The minimum atomic E-state index is -1.52. The average Bonchev–Trinajstić information content (AvgIpc) is 2.95. The van der Waals surface area contributed by atoms with Gasteiger partial charge in [0.05, 0.1) is 13.0 Å². The first-order valence-electron chi connectivity index (χ1n) is 13.6. The third kappa shape index (κ3) is 9.25. The summed E-state index contributed by atoms with van der Waals surface area (Å²) in [6, 6.07) is 5.10. The molecule has 2 aliphatic heterocycles. The van der Waals surface area contributed by atoms with Gasteiger partial charge in [-0.25, -0.2) is 0 Å². The highest BCUT2D eigenvalue weighted by Gasteiger charge is 2.44. The minimum absolute atomic E-state index is 0.0348. The number of carboxylic acid groups (broad SMARTS) is 1. The average molecular weight is 575 g/mol. The number of carboxylic acids is 1. The Labute approximate surface area is 237 Å². The van der Waals surface area contributed by atoms with Gasteiger partial charge in [0.1, 0.15) is 23.7 Å². The lowest BCUT2D eigenvalue weighted by Crippen LogP contribution is -2.66. The van der Waals surface area contributed by atoms with Gasteiger partial charge in [0.15, 0.2) is 0 Å². The zero-order valence-corrected chi connectivity index (χ0v) is 23.0. The number of hydrogen-bond donors (Lipinski definition) is 7. The van der Waals surface area contributed by atoms with Crippen LogP contribution in [0.15, 0.2) is 30.3 Å². The summed E-state index contributed by atoms with van der Waals surface area (Å²) in [6.45, 7) is 0.379. The summed E-state index contributed by atoms with van der Waals surface area (Å²) in [5.74, 6) is -4.93. The van der Waals surface area contributed by atoms with Crippen LogP contribution in [0.2, 0.25) is 0 Å². The molecule has 0 bridgehead atoms. The van der Waals surface area contributed by atoms with Crippen LogP contribution >= 0.6 is 0 Å². The molecule has 1 spiro atoms. The molecule has 0 aromatic heterocycles. The summed E-state index contributed by atoms with van der Waals surface area (Å²) in [5.41, 5.74) is -0.722. The molecule has 224 valence electrons. The minimum Gasteiger partial charge on any atom is -0.481 e. The molecule has 3 atom stereocenters. The molecule has 7 N–H and O–H groups in total. The van der Waals surface area contributed by atoms with Crippen molar-refractivity contribution in [2.24, 2.45) is 0 Å². The molecule has 41 heavy (non-hydrogen) atoms. The van der Waals surface area contributed by atoms with Crippen molar-refractivity contribution in [1.82, 2.24) is 31.9 Å². The van der Waals surface area contributed by atoms with Crippen molar-refractivity contribution in [3.63, 3.8) is 0 Å². The van der Waals surface area contributed by atoms with E-state index in [1.807, 2.05) is 0 Å². The van der Waals surface area contributed by atoms with E-state index in [1.54, 1.807) is 37.4 Å². The Morgan fingerprint density at radius 3 is 2.32 bits per heavy atom. The monoisotopic (exact) mass is 574 g/mol. The number of aliphatic carboxylic acids is 1. The fourth-order valence-electron chi connectivity index (χ4n) is 4.75. The fourth-order valence-corrected chi connectivity index (χ4v) is 4.75. The molecule has 5 amide bonds. The fraction of sp³-hybridized carbons (Fsp3) is 0.556. The van der Waals surface area contributed by atoms with Crippen LogP contribution in [0.5, 0.6) is 0 Å². The number of benzene rings is 1. The van der Waals surface area contributed by atoms with Crippen molar-refractivity contribution in [2.45, 2.75) is 62.2 Å². The van der Waals surface area contributed by atoms with Crippen LogP contribution in [0.1, 0.15) is 37.7 Å². The van der Waals surface area contributed by atoms with Crippen LogP contribution in [0.4, 0.5) is 0 Å². The summed E-state index contributed by atoms with van der Waals surface area (Å²) in [7, 11) is 1.75. The quantitative estimate of drug-likeness (QED) is 0.171. The van der Waals surface area contributed by atoms with Crippen molar-refractivity contribution in [3.05, 3.63) is 35.9 Å². The predicted molar refractivity (Wildman–Crippen MR) is 145 cm³/mol. The first kappa shape index (κ1) is 31.5. The molecule has 2 saturated heterocycles. The maximum absolute atomic E-state index is 13.8. The molecule has 1 aromatic carbocycles. The number of carbonyl (C=O) groups is 6. The Bertz CT molecular complexity index is 1110. The van der Waals surface area contributed by atoms with E-state index >= 15 is 0 Å². The Kier molecular flexibility index (Phi) is 11.6. The number of rotatable bonds is 8. The van der Waals surface area contributed by atoms with E-state index in [0.717, 1.165) is 0 Å². The smallest absolute Gasteiger partial charge is 0.305 e. The van der Waals surface area contributed by atoms with E-state index in [4.69, 9.17) is 4.74 Å². The van der Waals surface area contributed by atoms with Gasteiger partial charge in [-0.3, -0.25) is 28.8 Å². The normalized spacial score (nSPS) is 24.1. The zero-order valence-electron chi connectivity index (χ0n) is 23.0. The van der Waals surface area contributed by atoms with Crippen LogP contribution < -0.4 is 31.9 Å². The second-order valence-corrected chi connectivity index (χ2v) is 10.1. The lowest BCUT2D eigenvalue weighted by Gasteiger charge is -2.38. The lowest BCUT2D eigenvalue weighted by molar-refractivity contribution is -0.142. The molecule has 3 rings (SSSR count). The van der Waals surface area contributed by atoms with Crippen LogP contribution in [-0.2, 0) is 39.9 Å². The summed E-state index contributed by atoms with van der Waals surface area (Å²) >= 11 is 0. The van der Waals surface area contributed by atoms with E-state index in [-0.39, 0.29) is 38.9 Å². The van der Waals surface area contributed by atoms with Gasteiger partial charge in [-0.05, 0) is 32.0 Å². The van der Waals surface area contributed by atoms with Crippen molar-refractivity contribution in [1.29, 1.82) is 0 Å². The predicted octanol–water partition coefficient (Wildman–Crippen LogP) is -2.05. The number of hydrogen-bond acceptors (Lipinski definition) is 8. The van der Waals surface area contributed by atoms with Crippen LogP contribution in [0, 0.1) is 0 Å². The van der Waals surface area contributed by atoms with Gasteiger partial charge < -0.3 is 41.7 Å². The highest BCUT2D eigenvalue weighted by molar-refractivity contribution is 5.99. The van der Waals surface area contributed by atoms with Gasteiger partial charge in [-0.15, -0.1) is 0 Å². The Balaban J connectivity index is 1.99. The number of carbonyl (C=O) groups excluding carboxylic acids is 5. The van der Waals surface area contributed by atoms with E-state index in [0.29, 0.717) is 18.5 Å². The van der Waals surface area contributed by atoms with Crippen molar-refractivity contribution in [2.75, 3.05) is 33.4 Å². The molecular weight excluding hydrogens is 536 g/mol. The van der Waals surface area contributed by atoms with Gasteiger partial charge in [-0.2, -0.15) is 0 Å². The Morgan fingerprint density at radius 2 is 1.66 bits per heavy atom. The van der Waals surface area contributed by atoms with Gasteiger partial charge in [-0.1, -0.05) is 30.3 Å². The lowest BCUT2D eigenvalue weighted by atomic mass is 9.87. The van der Waals surface area contributed by atoms with E-state index < -0.39 is 72.1 Å². The summed E-state index contributed by atoms with van der Waals surface area (Å²) in [5, 5.41) is 25.3. The van der Waals surface area contributed by atoms with Crippen molar-refractivity contribution in [3.8, 4) is 0 Å². The van der Waals surface area contributed by atoms with E-state index in [2.05, 4.69) is 31.9 Å². The van der Waals surface area contributed by atoms with E-state index in [1.165, 1.54) is 0 Å². The van der Waals surface area contributed by atoms with Gasteiger partial charge in [0.25, 0.3) is 0 Å². The second-order valence-electron chi connectivity index (χ2n) is 10.1. The molecule has 0 saturated carbocycles. The maximum Gasteiger partial charge on any atom is 0.305 e. The third-order valence-electron chi connectivity index (χ3n) is 7.05. The number of ether oxygens (including phenoxy) is 1. The highest BCUT2D eigenvalue weighted by Crippen LogP contribution is 2.22. The van der Waals surface area contributed by atoms with Gasteiger partial charge >= 0.3 is 5.97 Å². The molecule has 2 aliphatic rings. The molecule has 2 unspecified atom stereocenters. The molecule has 2 fully saturated rings. The molecule has 2 heterocycles. The van der Waals surface area contributed by atoms with Gasteiger partial charge in [0, 0.05) is 32.5 Å². The van der Waals surface area contributed by atoms with Crippen molar-refractivity contribution >= 4 is 35.5 Å². The number of amides is 5. The molecule has 0 aliphatic carbocycles. The van der Waals surface area contributed by atoms with Crippen LogP contribution in [0.3, 0.4) is 0 Å². The first-order chi connectivity index (χ1) is 19.6. The summed E-state index contributed by atoms with van der Waals surface area (Å²) < 4.78 is 5.45. The van der Waals surface area contributed by atoms with E-state index in [9.17, 15) is 33.9 Å². The topological polar surface area (TPSA) is 204 Å². The number of nitrogens with one attached hydrogen (secondary N) is 6. The standard InChI is InChI=1S/C27H38N6O8/c1-28-11-5-8-18-25(39)33-27(9-12-41-13-10-27)26(40)32-19(14-17-6-3-2-4-7-17)24(38)31-20(15-22(35)36)23(37)29-16-21(34)30-18/h2-4,6-7,18-20,28H,5,8-16H2,1H3,(H,29,37)(H,30,34)(H,31,38)(H,32,40)(H,33,39)(H,35,36)/t18?,19-,20?/m1/s1. The highest BCUT2D eigenvalue weighted by atomic mass is 16.5. The van der Waals surface area contributed by atoms with Crippen LogP contribution in [-0.4, -0.2) is 97.6 Å². The van der Waals surface area contributed by atoms with Gasteiger partial charge in [0.2, 0.25) is 29.5 Å². The summed E-state index contributed by atoms with van der Waals surface area (Å²) in [4.78, 5) is 77.8. The third-order valence-corrected chi connectivity index (χ3v) is 7.05. The Hall–Kier alpha value is -4.04.